The quantitative estimate of drug-likeness (QED) is 0.0790. The van der Waals surface area contributed by atoms with Crippen molar-refractivity contribution in [3.8, 4) is 0 Å². The zero-order valence-corrected chi connectivity index (χ0v) is 18.8. The van der Waals surface area contributed by atoms with Crippen molar-refractivity contribution in [3.05, 3.63) is 0 Å². The molecule has 0 aromatic heterocycles. The van der Waals surface area contributed by atoms with Gasteiger partial charge in [-0.15, -0.1) is 0 Å². The summed E-state index contributed by atoms with van der Waals surface area (Å²) in [7, 11) is 0. The van der Waals surface area contributed by atoms with E-state index >= 15 is 0 Å². The number of nitrogens with two attached hydrogens (primary N) is 3. The highest BCUT2D eigenvalue weighted by molar-refractivity contribution is 7.80. The standard InChI is InChI=1S/C18H34N6O7S/c1-9(25)14(21)17(29)23-10(4-2-3-7-19)15(27)22-11(5-6-13(20)26)16(28)24-12(8-32)18(30)31/h9-12,14,25,32H,2-8,19,21H2,1H3,(H2,20,26)(H,22,27)(H,23,29)(H,24,28)(H,30,31). The highest BCUT2D eigenvalue weighted by atomic mass is 32.1. The Kier molecular flexibility index (Phi) is 14.2. The van der Waals surface area contributed by atoms with E-state index in [1.54, 1.807) is 0 Å². The summed E-state index contributed by atoms with van der Waals surface area (Å²) in [5.74, 6) is -4.63. The average Bonchev–Trinajstić information content (AvgIpc) is 2.72. The summed E-state index contributed by atoms with van der Waals surface area (Å²) in [5, 5.41) is 25.7. The fourth-order valence-corrected chi connectivity index (χ4v) is 2.78. The predicted molar refractivity (Wildman–Crippen MR) is 118 cm³/mol. The summed E-state index contributed by atoms with van der Waals surface area (Å²) >= 11 is 3.86. The lowest BCUT2D eigenvalue weighted by atomic mass is 10.0. The molecule has 13 nitrogen and oxygen atoms in total. The molecule has 184 valence electrons. The van der Waals surface area contributed by atoms with Crippen molar-refractivity contribution in [2.45, 2.75) is 69.3 Å². The molecular formula is C18H34N6O7S. The van der Waals surface area contributed by atoms with Crippen molar-refractivity contribution < 1.29 is 34.2 Å². The number of amides is 4. The number of aliphatic carboxylic acids is 1. The molecule has 0 rings (SSSR count). The zero-order valence-electron chi connectivity index (χ0n) is 18.0. The molecule has 0 saturated heterocycles. The number of carboxylic acids is 1. The fraction of sp³-hybridized carbons (Fsp3) is 0.722. The van der Waals surface area contributed by atoms with E-state index in [1.165, 1.54) is 6.92 Å². The van der Waals surface area contributed by atoms with E-state index in [0.29, 0.717) is 19.4 Å². The Labute approximate surface area is 191 Å². The number of hydrogen-bond donors (Lipinski definition) is 9. The Morgan fingerprint density at radius 2 is 1.41 bits per heavy atom. The summed E-state index contributed by atoms with van der Waals surface area (Å²) in [6, 6.07) is -5.00. The number of nitrogens with one attached hydrogen (secondary N) is 3. The molecule has 0 aliphatic rings. The summed E-state index contributed by atoms with van der Waals surface area (Å²) < 4.78 is 0. The third-order valence-electron chi connectivity index (χ3n) is 4.51. The monoisotopic (exact) mass is 478 g/mol. The van der Waals surface area contributed by atoms with Crippen molar-refractivity contribution in [2.75, 3.05) is 12.3 Å². The van der Waals surface area contributed by atoms with Gasteiger partial charge in [0.05, 0.1) is 6.10 Å². The van der Waals surface area contributed by atoms with Crippen LogP contribution in [0.1, 0.15) is 39.0 Å². The normalized spacial score (nSPS) is 15.5. The maximum atomic E-state index is 12.8. The van der Waals surface area contributed by atoms with Crippen LogP contribution in [0.4, 0.5) is 0 Å². The van der Waals surface area contributed by atoms with Crippen LogP contribution in [0.2, 0.25) is 0 Å². The van der Waals surface area contributed by atoms with Crippen molar-refractivity contribution in [1.29, 1.82) is 0 Å². The Bertz CT molecular complexity index is 664. The molecular weight excluding hydrogens is 444 g/mol. The van der Waals surface area contributed by atoms with Crippen LogP contribution in [-0.2, 0) is 24.0 Å². The Morgan fingerprint density at radius 3 is 1.84 bits per heavy atom. The maximum absolute atomic E-state index is 12.8. The van der Waals surface area contributed by atoms with Gasteiger partial charge in [-0.1, -0.05) is 0 Å². The maximum Gasteiger partial charge on any atom is 0.327 e. The molecule has 0 fully saturated rings. The molecule has 32 heavy (non-hydrogen) atoms. The number of carbonyl (C=O) groups excluding carboxylic acids is 4. The minimum atomic E-state index is -1.33. The van der Waals surface area contributed by atoms with E-state index in [1.807, 2.05) is 0 Å². The molecule has 11 N–H and O–H groups in total. The van der Waals surface area contributed by atoms with Gasteiger partial charge in [0.2, 0.25) is 23.6 Å². The van der Waals surface area contributed by atoms with Gasteiger partial charge in [-0.3, -0.25) is 19.2 Å². The van der Waals surface area contributed by atoms with Crippen LogP contribution in [0.5, 0.6) is 0 Å². The van der Waals surface area contributed by atoms with Gasteiger partial charge in [-0.25, -0.2) is 4.79 Å². The lowest BCUT2D eigenvalue weighted by molar-refractivity contribution is -0.141. The number of carboxylic acid groups (broad SMARTS) is 1. The van der Waals surface area contributed by atoms with Crippen molar-refractivity contribution in [3.63, 3.8) is 0 Å². The van der Waals surface area contributed by atoms with E-state index in [4.69, 9.17) is 22.3 Å². The lowest BCUT2D eigenvalue weighted by Gasteiger charge is -2.25. The van der Waals surface area contributed by atoms with Gasteiger partial charge in [0, 0.05) is 12.2 Å². The van der Waals surface area contributed by atoms with Crippen LogP contribution in [-0.4, -0.2) is 82.4 Å². The van der Waals surface area contributed by atoms with E-state index < -0.39 is 59.9 Å². The molecule has 0 saturated carbocycles. The fourth-order valence-electron chi connectivity index (χ4n) is 2.53. The predicted octanol–water partition coefficient (Wildman–Crippen LogP) is -3.44. The van der Waals surface area contributed by atoms with E-state index in [0.717, 1.165) is 0 Å². The second-order valence-electron chi connectivity index (χ2n) is 7.26. The van der Waals surface area contributed by atoms with Crippen molar-refractivity contribution >= 4 is 42.2 Å². The summed E-state index contributed by atoms with van der Waals surface area (Å²) in [6.07, 6.45) is -0.407. The van der Waals surface area contributed by atoms with Gasteiger partial charge in [-0.2, -0.15) is 12.6 Å². The first-order valence-corrected chi connectivity index (χ1v) is 10.7. The summed E-state index contributed by atoms with van der Waals surface area (Å²) in [4.78, 5) is 59.9. The molecule has 0 aromatic carbocycles. The zero-order chi connectivity index (χ0) is 24.8. The number of carbonyl (C=O) groups is 5. The molecule has 0 spiro atoms. The van der Waals surface area contributed by atoms with Crippen LogP contribution in [0.25, 0.3) is 0 Å². The van der Waals surface area contributed by atoms with Crippen LogP contribution in [0.3, 0.4) is 0 Å². The number of unbranched alkanes of at least 4 members (excludes halogenated alkanes) is 1. The number of thiol groups is 1. The van der Waals surface area contributed by atoms with Crippen LogP contribution in [0.15, 0.2) is 0 Å². The number of rotatable bonds is 16. The van der Waals surface area contributed by atoms with Crippen molar-refractivity contribution in [2.24, 2.45) is 17.2 Å². The van der Waals surface area contributed by atoms with Gasteiger partial charge in [0.1, 0.15) is 24.2 Å². The first-order chi connectivity index (χ1) is 14.9. The second kappa shape index (κ2) is 15.4. The number of primary amides is 1. The second-order valence-corrected chi connectivity index (χ2v) is 7.63. The van der Waals surface area contributed by atoms with E-state index in [-0.39, 0.29) is 25.0 Å². The minimum Gasteiger partial charge on any atom is -0.480 e. The Hall–Kier alpha value is -2.42. The SMILES string of the molecule is CC(O)C(N)C(=O)NC(CCCCN)C(=O)NC(CCC(N)=O)C(=O)NC(CS)C(=O)O. The summed E-state index contributed by atoms with van der Waals surface area (Å²) in [6.45, 7) is 1.68. The highest BCUT2D eigenvalue weighted by Crippen LogP contribution is 2.06. The van der Waals surface area contributed by atoms with Gasteiger partial charge in [0.15, 0.2) is 0 Å². The minimum absolute atomic E-state index is 0.167. The van der Waals surface area contributed by atoms with Gasteiger partial charge in [-0.05, 0) is 39.2 Å². The first kappa shape index (κ1) is 29.6. The topological polar surface area (TPSA) is 240 Å². The van der Waals surface area contributed by atoms with Crippen LogP contribution in [0, 0.1) is 0 Å². The smallest absolute Gasteiger partial charge is 0.327 e. The molecule has 0 aliphatic heterocycles. The first-order valence-electron chi connectivity index (χ1n) is 10.1. The average molecular weight is 479 g/mol. The molecule has 0 radical (unpaired) electrons. The molecule has 14 heteroatoms. The number of hydrogen-bond acceptors (Lipinski definition) is 9. The molecule has 0 heterocycles. The van der Waals surface area contributed by atoms with Gasteiger partial charge >= 0.3 is 5.97 Å². The number of aliphatic hydroxyl groups is 1. The van der Waals surface area contributed by atoms with Gasteiger partial charge < -0.3 is 43.4 Å². The molecule has 5 unspecified atom stereocenters. The number of aliphatic hydroxyl groups excluding tert-OH is 1. The molecule has 4 amide bonds. The third kappa shape index (κ3) is 11.3. The highest BCUT2D eigenvalue weighted by Gasteiger charge is 2.30. The van der Waals surface area contributed by atoms with E-state index in [9.17, 15) is 29.1 Å². The Balaban J connectivity index is 5.48. The van der Waals surface area contributed by atoms with Crippen molar-refractivity contribution in [1.82, 2.24) is 16.0 Å². The largest absolute Gasteiger partial charge is 0.480 e. The molecule has 0 bridgehead atoms. The lowest BCUT2D eigenvalue weighted by Crippen LogP contribution is -2.58. The van der Waals surface area contributed by atoms with Crippen LogP contribution < -0.4 is 33.2 Å². The van der Waals surface area contributed by atoms with Crippen LogP contribution >= 0.6 is 12.6 Å². The third-order valence-corrected chi connectivity index (χ3v) is 4.88. The molecule has 5 atom stereocenters. The molecule has 0 aromatic rings. The molecule has 0 aliphatic carbocycles. The van der Waals surface area contributed by atoms with E-state index in [2.05, 4.69) is 28.6 Å². The van der Waals surface area contributed by atoms with Gasteiger partial charge in [0.25, 0.3) is 0 Å². The summed E-state index contributed by atoms with van der Waals surface area (Å²) in [5.41, 5.74) is 16.2. The Morgan fingerprint density at radius 1 is 0.906 bits per heavy atom.